The van der Waals surface area contributed by atoms with Gasteiger partial charge in [0.15, 0.2) is 0 Å². The first-order valence-corrected chi connectivity index (χ1v) is 6.76. The van der Waals surface area contributed by atoms with Gasteiger partial charge in [-0.15, -0.1) is 0 Å². The average molecular weight is 286 g/mol. The fourth-order valence-electron chi connectivity index (χ4n) is 2.06. The summed E-state index contributed by atoms with van der Waals surface area (Å²) in [6, 6.07) is 9.47. The van der Waals surface area contributed by atoms with Gasteiger partial charge >= 0.3 is 0 Å². The van der Waals surface area contributed by atoms with Crippen LogP contribution in [0.5, 0.6) is 0 Å². The number of hydrogen-bond acceptors (Lipinski definition) is 4. The third kappa shape index (κ3) is 3.68. The van der Waals surface area contributed by atoms with Crippen LogP contribution in [0.1, 0.15) is 23.3 Å². The van der Waals surface area contributed by atoms with E-state index in [2.05, 4.69) is 15.6 Å². The molecule has 4 N–H and O–H groups in total. The minimum Gasteiger partial charge on any atom is -0.373 e. The van der Waals surface area contributed by atoms with Crippen LogP contribution in [0.15, 0.2) is 30.3 Å². The highest BCUT2D eigenvalue weighted by Crippen LogP contribution is 2.21. The van der Waals surface area contributed by atoms with Crippen molar-refractivity contribution in [3.05, 3.63) is 36.0 Å². The van der Waals surface area contributed by atoms with Crippen molar-refractivity contribution in [1.29, 1.82) is 0 Å². The topological polar surface area (TPSA) is 97.1 Å². The summed E-state index contributed by atoms with van der Waals surface area (Å²) in [5.74, 6) is 0.0302. The highest BCUT2D eigenvalue weighted by Gasteiger charge is 2.11. The van der Waals surface area contributed by atoms with E-state index in [-0.39, 0.29) is 18.2 Å². The van der Waals surface area contributed by atoms with Crippen LogP contribution in [0.2, 0.25) is 0 Å². The number of aromatic nitrogens is 1. The molecular formula is C15H18N4O2. The molecule has 0 aliphatic heterocycles. The van der Waals surface area contributed by atoms with Gasteiger partial charge in [0.1, 0.15) is 11.5 Å². The number of fused-ring (bicyclic) bond motifs is 1. The Hall–Kier alpha value is -2.63. The molecule has 1 aromatic carbocycles. The van der Waals surface area contributed by atoms with E-state index in [0.717, 1.165) is 10.8 Å². The smallest absolute Gasteiger partial charge is 0.269 e. The van der Waals surface area contributed by atoms with Gasteiger partial charge in [-0.3, -0.25) is 9.59 Å². The Labute approximate surface area is 122 Å². The molecule has 0 fully saturated rings. The summed E-state index contributed by atoms with van der Waals surface area (Å²) >= 11 is 0. The van der Waals surface area contributed by atoms with Crippen LogP contribution >= 0.6 is 0 Å². The third-order valence-corrected chi connectivity index (χ3v) is 3.10. The van der Waals surface area contributed by atoms with Gasteiger partial charge in [-0.1, -0.05) is 24.3 Å². The van der Waals surface area contributed by atoms with E-state index in [1.165, 1.54) is 0 Å². The highest BCUT2D eigenvalue weighted by molar-refractivity contribution is 6.00. The van der Waals surface area contributed by atoms with Crippen molar-refractivity contribution in [2.45, 2.75) is 12.8 Å². The molecule has 0 atom stereocenters. The molecule has 0 spiro atoms. The zero-order valence-corrected chi connectivity index (χ0v) is 11.8. The van der Waals surface area contributed by atoms with E-state index in [9.17, 15) is 9.59 Å². The maximum atomic E-state index is 12.1. The SMILES string of the molecule is CNc1nc(C(=O)NCCCC(N)=O)cc2ccccc12. The van der Waals surface area contributed by atoms with Crippen LogP contribution < -0.4 is 16.4 Å². The number of primary amides is 1. The standard InChI is InChI=1S/C15H18N4O2/c1-17-14-11-6-3-2-5-10(11)9-12(19-14)15(21)18-8-4-7-13(16)20/h2-3,5-6,9H,4,7-8H2,1H3,(H2,16,20)(H,17,19)(H,18,21). The van der Waals surface area contributed by atoms with Crippen LogP contribution in [0.4, 0.5) is 5.82 Å². The summed E-state index contributed by atoms with van der Waals surface area (Å²) in [6.07, 6.45) is 0.779. The number of nitrogens with zero attached hydrogens (tertiary/aromatic N) is 1. The van der Waals surface area contributed by atoms with E-state index in [0.29, 0.717) is 24.5 Å². The van der Waals surface area contributed by atoms with Crippen LogP contribution in [-0.2, 0) is 4.79 Å². The molecule has 0 saturated carbocycles. The predicted molar refractivity (Wildman–Crippen MR) is 82.1 cm³/mol. The van der Waals surface area contributed by atoms with E-state index in [4.69, 9.17) is 5.73 Å². The monoisotopic (exact) mass is 286 g/mol. The number of anilines is 1. The van der Waals surface area contributed by atoms with Gasteiger partial charge in [-0.2, -0.15) is 0 Å². The number of carbonyl (C=O) groups excluding carboxylic acids is 2. The molecule has 0 unspecified atom stereocenters. The van der Waals surface area contributed by atoms with Gasteiger partial charge in [0.05, 0.1) is 0 Å². The lowest BCUT2D eigenvalue weighted by atomic mass is 10.1. The van der Waals surface area contributed by atoms with Gasteiger partial charge in [0, 0.05) is 25.4 Å². The molecule has 2 rings (SSSR count). The second-order valence-electron chi connectivity index (χ2n) is 4.65. The van der Waals surface area contributed by atoms with E-state index < -0.39 is 0 Å². The number of pyridine rings is 1. The first-order chi connectivity index (χ1) is 10.1. The van der Waals surface area contributed by atoms with Crippen molar-refractivity contribution in [2.24, 2.45) is 5.73 Å². The molecule has 1 aromatic heterocycles. The van der Waals surface area contributed by atoms with Crippen molar-refractivity contribution in [3.63, 3.8) is 0 Å². The van der Waals surface area contributed by atoms with Crippen LogP contribution in [0, 0.1) is 0 Å². The Morgan fingerprint density at radius 1 is 1.29 bits per heavy atom. The zero-order valence-electron chi connectivity index (χ0n) is 11.8. The van der Waals surface area contributed by atoms with Gasteiger partial charge in [-0.25, -0.2) is 4.98 Å². The maximum Gasteiger partial charge on any atom is 0.269 e. The first-order valence-electron chi connectivity index (χ1n) is 6.76. The highest BCUT2D eigenvalue weighted by atomic mass is 16.2. The van der Waals surface area contributed by atoms with E-state index >= 15 is 0 Å². The van der Waals surface area contributed by atoms with Gasteiger partial charge in [-0.05, 0) is 17.9 Å². The molecule has 110 valence electrons. The van der Waals surface area contributed by atoms with Crippen molar-refractivity contribution in [3.8, 4) is 0 Å². The number of carbonyl (C=O) groups is 2. The van der Waals surface area contributed by atoms with Crippen molar-refractivity contribution in [2.75, 3.05) is 18.9 Å². The number of amides is 2. The molecular weight excluding hydrogens is 268 g/mol. The van der Waals surface area contributed by atoms with Gasteiger partial charge < -0.3 is 16.4 Å². The second kappa shape index (κ2) is 6.69. The van der Waals surface area contributed by atoms with Crippen LogP contribution in [0.3, 0.4) is 0 Å². The molecule has 1 heterocycles. The summed E-state index contributed by atoms with van der Waals surface area (Å²) in [6.45, 7) is 0.394. The Morgan fingerprint density at radius 3 is 2.76 bits per heavy atom. The van der Waals surface area contributed by atoms with Gasteiger partial charge in [0.25, 0.3) is 5.91 Å². The number of hydrogen-bond donors (Lipinski definition) is 3. The minimum absolute atomic E-state index is 0.257. The predicted octanol–water partition coefficient (Wildman–Crippen LogP) is 1.27. The molecule has 0 radical (unpaired) electrons. The van der Waals surface area contributed by atoms with Crippen LogP contribution in [0.25, 0.3) is 10.8 Å². The van der Waals surface area contributed by atoms with Crippen molar-refractivity contribution < 1.29 is 9.59 Å². The maximum absolute atomic E-state index is 12.1. The lowest BCUT2D eigenvalue weighted by Crippen LogP contribution is -2.26. The van der Waals surface area contributed by atoms with Crippen LogP contribution in [-0.4, -0.2) is 30.4 Å². The molecule has 6 heteroatoms. The molecule has 0 aliphatic rings. The third-order valence-electron chi connectivity index (χ3n) is 3.10. The molecule has 2 aromatic rings. The number of rotatable bonds is 6. The number of nitrogens with one attached hydrogen (secondary N) is 2. The summed E-state index contributed by atoms with van der Waals surface area (Å²) in [7, 11) is 1.77. The molecule has 21 heavy (non-hydrogen) atoms. The molecule has 0 aliphatic carbocycles. The Bertz CT molecular complexity index is 670. The molecule has 0 bridgehead atoms. The van der Waals surface area contributed by atoms with Crippen molar-refractivity contribution >= 4 is 28.4 Å². The summed E-state index contributed by atoms with van der Waals surface area (Å²) in [4.78, 5) is 27.0. The van der Waals surface area contributed by atoms with Crippen molar-refractivity contribution in [1.82, 2.24) is 10.3 Å². The fourth-order valence-corrected chi connectivity index (χ4v) is 2.06. The zero-order chi connectivity index (χ0) is 15.2. The Morgan fingerprint density at radius 2 is 2.05 bits per heavy atom. The minimum atomic E-state index is -0.370. The molecule has 0 saturated heterocycles. The normalized spacial score (nSPS) is 10.3. The number of benzene rings is 1. The number of nitrogens with two attached hydrogens (primary N) is 1. The lowest BCUT2D eigenvalue weighted by molar-refractivity contribution is -0.118. The fraction of sp³-hybridized carbons (Fsp3) is 0.267. The first kappa shape index (κ1) is 14.8. The Kier molecular flexibility index (Phi) is 4.71. The largest absolute Gasteiger partial charge is 0.373 e. The Balaban J connectivity index is 2.14. The van der Waals surface area contributed by atoms with E-state index in [1.807, 2.05) is 24.3 Å². The molecule has 2 amide bonds. The summed E-state index contributed by atoms with van der Waals surface area (Å²) < 4.78 is 0. The summed E-state index contributed by atoms with van der Waals surface area (Å²) in [5.41, 5.74) is 5.39. The quantitative estimate of drug-likeness (QED) is 0.697. The second-order valence-corrected chi connectivity index (χ2v) is 4.65. The van der Waals surface area contributed by atoms with Gasteiger partial charge in [0.2, 0.25) is 5.91 Å². The lowest BCUT2D eigenvalue weighted by Gasteiger charge is -2.09. The molecule has 6 nitrogen and oxygen atoms in total. The van der Waals surface area contributed by atoms with E-state index in [1.54, 1.807) is 13.1 Å². The average Bonchev–Trinajstić information content (AvgIpc) is 2.50. The summed E-state index contributed by atoms with van der Waals surface area (Å²) in [5, 5.41) is 7.64.